The molecule has 26 valence electrons. The molecule has 0 aliphatic carbocycles. The molecule has 0 radical (unpaired) electrons. The summed E-state index contributed by atoms with van der Waals surface area (Å²) in [5, 5.41) is 0. The smallest absolute Gasteiger partial charge is 0.140 e. The predicted octanol–water partition coefficient (Wildman–Crippen LogP) is 1.31. The molecule has 4 heteroatoms. The van der Waals surface area contributed by atoms with Gasteiger partial charge in [-0.2, -0.15) is 0 Å². The Morgan fingerprint density at radius 2 is 2.75 bits per heavy atom. The summed E-state index contributed by atoms with van der Waals surface area (Å²) in [6, 6.07) is 0. The van der Waals surface area contributed by atoms with Crippen LogP contribution >= 0.6 is 40.2 Å². The summed E-state index contributed by atoms with van der Waals surface area (Å²) < 4.78 is 7.97. The quantitative estimate of drug-likeness (QED) is 0.390. The van der Waals surface area contributed by atoms with Crippen molar-refractivity contribution in [2.24, 2.45) is 0 Å². The van der Waals surface area contributed by atoms with Gasteiger partial charge in [-0.3, -0.25) is 0 Å². The zero-order valence-electron chi connectivity index (χ0n) is 2.90. The number of rotatable bonds is 1. The molecular formula is H4INP2. The van der Waals surface area contributed by atoms with Crippen LogP contribution in [0.1, 0.15) is 0 Å². The molecule has 1 nitrogen and oxygen atoms in total. The Kier molecular flexibility index (Phi) is 4.24. The summed E-state index contributed by atoms with van der Waals surface area (Å²) in [6.07, 6.45) is 0. The van der Waals surface area contributed by atoms with Gasteiger partial charge < -0.3 is 0 Å². The first-order chi connectivity index (χ1) is 2.27. The predicted molar refractivity (Wildman–Crippen MR) is 35.2 cm³/mol. The first-order valence-corrected chi connectivity index (χ1v) is 4.40. The fraction of sp³-hybridized carbons (Fsp3) is 0. The van der Waals surface area contributed by atoms with Crippen LogP contribution in [-0.2, 0) is 0 Å². The Balaban J connectivity index is 2.54. The molecular weight excluding hydrogens is 203 g/mol. The van der Waals surface area contributed by atoms with E-state index < -0.39 is 0 Å². The lowest BCUT2D eigenvalue weighted by atomic mass is 13.9. The lowest BCUT2D eigenvalue weighted by Gasteiger charge is -1.73. The van der Waals surface area contributed by atoms with Crippen LogP contribution in [0.5, 0.6) is 0 Å². The normalized spacial score (nSPS) is 15.2. The van der Waals surface area contributed by atoms with Crippen LogP contribution in [0.4, 0.5) is 0 Å². The van der Waals surface area contributed by atoms with E-state index in [1.165, 1.54) is 3.29 Å². The van der Waals surface area contributed by atoms with Gasteiger partial charge in [-0.15, -0.1) is 0 Å². The average Bonchev–Trinajstić information content (AvgIpc) is 1.38. The van der Waals surface area contributed by atoms with Gasteiger partial charge in [0.05, 0.1) is 0 Å². The fourth-order valence-corrected chi connectivity index (χ4v) is 0. The molecule has 0 rings (SSSR count). The zero-order valence-corrected chi connectivity index (χ0v) is 6.21. The topological polar surface area (TPSA) is 12.0 Å². The number of nitrogens with one attached hydrogen (secondary N) is 1. The van der Waals surface area contributed by atoms with Crippen molar-refractivity contribution >= 4 is 40.2 Å². The summed E-state index contributed by atoms with van der Waals surface area (Å²) >= 11 is 1.90. The maximum absolute atomic E-state index is 6.64. The van der Waals surface area contributed by atoms with E-state index in [0.29, 0.717) is 8.42 Å². The lowest BCUT2D eigenvalue weighted by Crippen LogP contribution is -1.60. The van der Waals surface area contributed by atoms with Crippen molar-refractivity contribution in [2.75, 3.05) is 0 Å². The van der Waals surface area contributed by atoms with Crippen molar-refractivity contribution in [1.82, 2.24) is 3.29 Å². The van der Waals surface area contributed by atoms with E-state index in [-0.39, 0.29) is 0 Å². The van der Waals surface area contributed by atoms with Crippen molar-refractivity contribution in [3.05, 3.63) is 0 Å². The second-order valence-electron chi connectivity index (χ2n) is 0.214. The van der Waals surface area contributed by atoms with Crippen LogP contribution in [0.3, 0.4) is 0 Å². The number of halogens is 1. The van der Waals surface area contributed by atoms with Gasteiger partial charge >= 0.3 is 0 Å². The van der Waals surface area contributed by atoms with Gasteiger partial charge in [-0.05, 0) is 8.42 Å². The molecule has 0 amide bonds. The molecule has 0 saturated carbocycles. The minimum absolute atomic E-state index is 0.518. The third-order valence-electron chi connectivity index (χ3n) is 0.0488. The third-order valence-corrected chi connectivity index (χ3v) is 2.95. The summed E-state index contributed by atoms with van der Waals surface area (Å²) in [5.41, 5.74) is 0. The minimum atomic E-state index is 0.518. The SMILES string of the molecule is [3H]N(I)PP. The second-order valence-corrected chi connectivity index (χ2v) is 2.86. The Morgan fingerprint density at radius 3 is 2.75 bits per heavy atom. The van der Waals surface area contributed by atoms with Crippen molar-refractivity contribution in [3.8, 4) is 0 Å². The molecule has 0 bridgehead atoms. The lowest BCUT2D eigenvalue weighted by molar-refractivity contribution is 1.88. The van der Waals surface area contributed by atoms with Crippen molar-refractivity contribution in [2.45, 2.75) is 0 Å². The molecule has 0 aromatic carbocycles. The zero-order chi connectivity index (χ0) is 4.28. The molecule has 0 aromatic heterocycles. The maximum atomic E-state index is 6.64. The molecule has 1 N–H and O–H groups in total. The fourth-order valence-electron chi connectivity index (χ4n) is 0. The van der Waals surface area contributed by atoms with E-state index >= 15 is 0 Å². The van der Waals surface area contributed by atoms with Crippen molar-refractivity contribution < 1.29 is 1.41 Å². The highest BCUT2D eigenvalue weighted by atomic mass is 127. The molecule has 0 heterocycles. The monoisotopic (exact) mass is 209 g/mol. The highest BCUT2D eigenvalue weighted by Gasteiger charge is 1.52. The number of hydrogen-bond donors (Lipinski definition) is 1. The van der Waals surface area contributed by atoms with Crippen molar-refractivity contribution in [1.29, 1.82) is 0 Å². The van der Waals surface area contributed by atoms with Gasteiger partial charge in [0.25, 0.3) is 0 Å². The summed E-state index contributed by atoms with van der Waals surface area (Å²) in [5.74, 6) is 0. The molecule has 2 atom stereocenters. The maximum Gasteiger partial charge on any atom is 0.140 e. The van der Waals surface area contributed by atoms with E-state index in [1.54, 1.807) is 0 Å². The largest absolute Gasteiger partial charge is 0.238 e. The van der Waals surface area contributed by atoms with Gasteiger partial charge in [0.2, 0.25) is 0 Å². The van der Waals surface area contributed by atoms with Gasteiger partial charge in [-0.25, -0.2) is 3.29 Å². The highest BCUT2D eigenvalue weighted by Crippen LogP contribution is 2.14. The molecule has 0 aliphatic rings. The Bertz CT molecular complexity index is 23.6. The summed E-state index contributed by atoms with van der Waals surface area (Å²) in [7, 11) is 2.97. The van der Waals surface area contributed by atoms with Crippen LogP contribution in [-0.4, -0.2) is 0 Å². The van der Waals surface area contributed by atoms with Gasteiger partial charge in [0.1, 0.15) is 1.41 Å². The van der Waals surface area contributed by atoms with Crippen LogP contribution in [0, 0.1) is 0 Å². The van der Waals surface area contributed by atoms with Crippen LogP contribution in [0.25, 0.3) is 0 Å². The summed E-state index contributed by atoms with van der Waals surface area (Å²) in [6.45, 7) is 0. The van der Waals surface area contributed by atoms with Crippen LogP contribution in [0.2, 0.25) is 1.41 Å². The first kappa shape index (κ1) is 3.73. The Hall–Kier alpha value is 1.55. The average molecular weight is 209 g/mol. The third kappa shape index (κ3) is 3.55. The molecule has 0 spiro atoms. The first-order valence-electron chi connectivity index (χ1n) is 1.13. The Labute approximate surface area is 45.2 Å². The molecule has 0 aromatic rings. The van der Waals surface area contributed by atoms with E-state index in [0.717, 1.165) is 0 Å². The molecule has 0 aliphatic heterocycles. The van der Waals surface area contributed by atoms with E-state index in [1.807, 2.05) is 22.9 Å². The van der Waals surface area contributed by atoms with Crippen LogP contribution in [0.15, 0.2) is 0 Å². The number of hydrogen-bond acceptors (Lipinski definition) is 1. The summed E-state index contributed by atoms with van der Waals surface area (Å²) in [4.78, 5) is 0. The molecule has 0 fully saturated rings. The second kappa shape index (κ2) is 4.55. The standard InChI is InChI=1S/H4INP2/c1-2-4-3/h2,4H,3H2/i/hT. The van der Waals surface area contributed by atoms with E-state index in [9.17, 15) is 0 Å². The van der Waals surface area contributed by atoms with Gasteiger partial charge in [-0.1, -0.05) is 8.93 Å². The Morgan fingerprint density at radius 1 is 2.50 bits per heavy atom. The van der Waals surface area contributed by atoms with Crippen molar-refractivity contribution in [3.63, 3.8) is 0 Å². The van der Waals surface area contributed by atoms with Gasteiger partial charge in [0.15, 0.2) is 0 Å². The minimum Gasteiger partial charge on any atom is -0.238 e. The molecule has 2 unspecified atom stereocenters. The molecule has 4 heavy (non-hydrogen) atoms. The highest BCUT2D eigenvalue weighted by molar-refractivity contribution is 14.1. The van der Waals surface area contributed by atoms with E-state index in [2.05, 4.69) is 8.93 Å². The van der Waals surface area contributed by atoms with E-state index in [4.69, 9.17) is 1.41 Å². The molecule has 0 saturated heterocycles. The van der Waals surface area contributed by atoms with Gasteiger partial charge in [0, 0.05) is 22.9 Å². The van der Waals surface area contributed by atoms with Crippen LogP contribution < -0.4 is 3.29 Å².